The number of carbonyl (C=O) groups excluding carboxylic acids is 6. The zero-order valence-electron chi connectivity index (χ0n) is 21.8. The van der Waals surface area contributed by atoms with Gasteiger partial charge in [0.1, 0.15) is 24.2 Å². The second kappa shape index (κ2) is 12.7. The molecule has 6 amide bonds. The maximum absolute atomic E-state index is 12.9. The van der Waals surface area contributed by atoms with Crippen LogP contribution in [0.5, 0.6) is 0 Å². The number of hydrogen-bond donors (Lipinski definition) is 4. The molecule has 0 spiro atoms. The van der Waals surface area contributed by atoms with E-state index in [9.17, 15) is 38.9 Å². The minimum Gasteiger partial charge on any atom is -0.343 e. The van der Waals surface area contributed by atoms with Gasteiger partial charge in [-0.3, -0.25) is 43.8 Å². The summed E-state index contributed by atoms with van der Waals surface area (Å²) in [4.78, 5) is 85.4. The number of rotatable bonds is 11. The molecule has 206 valence electrons. The normalized spacial score (nSPS) is 16.3. The van der Waals surface area contributed by atoms with Gasteiger partial charge in [-0.25, -0.2) is 0 Å². The number of nitrogens with zero attached hydrogens (tertiary/aromatic N) is 2. The average Bonchev–Trinajstić information content (AvgIpc) is 3.19. The third-order valence-corrected chi connectivity index (χ3v) is 5.95. The molecular weight excluding hydrogens is 500 g/mol. The van der Waals surface area contributed by atoms with Crippen LogP contribution in [0.2, 0.25) is 0 Å². The summed E-state index contributed by atoms with van der Waals surface area (Å²) < 4.78 is 0. The number of nitro groups is 1. The highest BCUT2D eigenvalue weighted by molar-refractivity contribution is 6.06. The zero-order chi connectivity index (χ0) is 28.7. The van der Waals surface area contributed by atoms with E-state index in [-0.39, 0.29) is 24.4 Å². The number of imide groups is 1. The Morgan fingerprint density at radius 1 is 0.789 bits per heavy atom. The van der Waals surface area contributed by atoms with Gasteiger partial charge in [-0.2, -0.15) is 0 Å². The smallest absolute Gasteiger partial charge is 0.269 e. The van der Waals surface area contributed by atoms with Gasteiger partial charge >= 0.3 is 0 Å². The van der Waals surface area contributed by atoms with E-state index in [4.69, 9.17) is 0 Å². The topological polar surface area (TPSA) is 197 Å². The standard InChI is InChI=1S/C24H32N6O8/c1-12(2)20(24(36)26-13(3)21(33)27-16-6-8-17(9-7-16)30(37)38)28-22(34)14(4)25-23(35)15(5)29-18(31)10-11-19(29)32/h6-9,12-15,20H,10-11H2,1-5H3,(H,25,35)(H,26,36)(H,27,33)(H,28,34)/t13-,14-,15-,20-/m0/s1. The summed E-state index contributed by atoms with van der Waals surface area (Å²) in [5.41, 5.74) is 0.157. The number of amides is 6. The van der Waals surface area contributed by atoms with Crippen molar-refractivity contribution in [2.75, 3.05) is 5.32 Å². The number of benzene rings is 1. The number of non-ortho nitro benzene ring substituents is 1. The Labute approximate surface area is 219 Å². The van der Waals surface area contributed by atoms with Gasteiger partial charge in [-0.15, -0.1) is 0 Å². The molecule has 1 aromatic carbocycles. The molecule has 4 atom stereocenters. The van der Waals surface area contributed by atoms with E-state index < -0.39 is 64.5 Å². The molecule has 1 aromatic rings. The van der Waals surface area contributed by atoms with E-state index in [1.54, 1.807) is 13.8 Å². The number of hydrogen-bond acceptors (Lipinski definition) is 8. The minimum atomic E-state index is -1.09. The highest BCUT2D eigenvalue weighted by Crippen LogP contribution is 2.16. The second-order valence-corrected chi connectivity index (χ2v) is 9.32. The van der Waals surface area contributed by atoms with E-state index in [0.29, 0.717) is 5.69 Å². The van der Waals surface area contributed by atoms with Crippen molar-refractivity contribution in [1.29, 1.82) is 0 Å². The first-order chi connectivity index (χ1) is 17.7. The highest BCUT2D eigenvalue weighted by atomic mass is 16.6. The van der Waals surface area contributed by atoms with E-state index in [1.165, 1.54) is 45.0 Å². The van der Waals surface area contributed by atoms with Crippen LogP contribution in [0.1, 0.15) is 47.5 Å². The summed E-state index contributed by atoms with van der Waals surface area (Å²) in [6.45, 7) is 7.57. The number of carbonyl (C=O) groups is 6. The fourth-order valence-corrected chi connectivity index (χ4v) is 3.64. The van der Waals surface area contributed by atoms with Crippen molar-refractivity contribution in [2.24, 2.45) is 5.92 Å². The van der Waals surface area contributed by atoms with Gasteiger partial charge in [0.25, 0.3) is 5.69 Å². The van der Waals surface area contributed by atoms with Crippen molar-refractivity contribution in [1.82, 2.24) is 20.9 Å². The SMILES string of the molecule is CC(C)[C@H](NC(=O)[C@H](C)NC(=O)[C@H](C)N1C(=O)CCC1=O)C(=O)N[C@@H](C)C(=O)Nc1ccc([N+](=O)[O-])cc1. The van der Waals surface area contributed by atoms with Crippen LogP contribution in [-0.2, 0) is 28.8 Å². The van der Waals surface area contributed by atoms with E-state index in [0.717, 1.165) is 4.90 Å². The lowest BCUT2D eigenvalue weighted by Crippen LogP contribution is -2.58. The zero-order valence-corrected chi connectivity index (χ0v) is 21.8. The van der Waals surface area contributed by atoms with Crippen LogP contribution in [-0.4, -0.2) is 69.4 Å². The van der Waals surface area contributed by atoms with E-state index >= 15 is 0 Å². The fourth-order valence-electron chi connectivity index (χ4n) is 3.64. The van der Waals surface area contributed by atoms with Crippen LogP contribution in [0.25, 0.3) is 0 Å². The Morgan fingerprint density at radius 3 is 1.79 bits per heavy atom. The van der Waals surface area contributed by atoms with Crippen LogP contribution in [0.3, 0.4) is 0 Å². The first-order valence-corrected chi connectivity index (χ1v) is 12.0. The van der Waals surface area contributed by atoms with E-state index in [1.807, 2.05) is 0 Å². The first-order valence-electron chi connectivity index (χ1n) is 12.0. The number of nitro benzene ring substituents is 1. The average molecular weight is 533 g/mol. The molecule has 14 nitrogen and oxygen atoms in total. The molecular formula is C24H32N6O8. The van der Waals surface area contributed by atoms with Crippen molar-refractivity contribution in [3.8, 4) is 0 Å². The van der Waals surface area contributed by atoms with E-state index in [2.05, 4.69) is 21.3 Å². The quantitative estimate of drug-likeness (QED) is 0.176. The molecule has 0 unspecified atom stereocenters. The lowest BCUT2D eigenvalue weighted by Gasteiger charge is -2.26. The summed E-state index contributed by atoms with van der Waals surface area (Å²) in [6.07, 6.45) is 0.0595. The predicted molar refractivity (Wildman–Crippen MR) is 134 cm³/mol. The van der Waals surface area contributed by atoms with Crippen LogP contribution in [0.15, 0.2) is 24.3 Å². The molecule has 0 saturated carbocycles. The Hall–Kier alpha value is -4.36. The van der Waals surface area contributed by atoms with Crippen LogP contribution >= 0.6 is 0 Å². The molecule has 1 saturated heterocycles. The minimum absolute atomic E-state index is 0.0298. The largest absolute Gasteiger partial charge is 0.343 e. The van der Waals surface area contributed by atoms with Crippen molar-refractivity contribution >= 4 is 46.8 Å². The maximum Gasteiger partial charge on any atom is 0.269 e. The third-order valence-electron chi connectivity index (χ3n) is 5.95. The molecule has 1 heterocycles. The highest BCUT2D eigenvalue weighted by Gasteiger charge is 2.37. The van der Waals surface area contributed by atoms with Gasteiger partial charge in [0, 0.05) is 30.7 Å². The Balaban J connectivity index is 1.94. The van der Waals surface area contributed by atoms with Gasteiger partial charge in [0.05, 0.1) is 4.92 Å². The molecule has 1 aliphatic heterocycles. The number of anilines is 1. The monoisotopic (exact) mass is 532 g/mol. The lowest BCUT2D eigenvalue weighted by atomic mass is 10.0. The second-order valence-electron chi connectivity index (χ2n) is 9.32. The van der Waals surface area contributed by atoms with Crippen LogP contribution in [0, 0.1) is 16.0 Å². The molecule has 38 heavy (non-hydrogen) atoms. The van der Waals surface area contributed by atoms with Gasteiger partial charge < -0.3 is 21.3 Å². The Kier molecular flexibility index (Phi) is 10.0. The fraction of sp³-hybridized carbons (Fsp3) is 0.500. The van der Waals surface area contributed by atoms with Gasteiger partial charge in [0.15, 0.2) is 0 Å². The summed E-state index contributed by atoms with van der Waals surface area (Å²) in [6, 6.07) is 0.929. The van der Waals surface area contributed by atoms with Gasteiger partial charge in [-0.05, 0) is 38.8 Å². The molecule has 14 heteroatoms. The van der Waals surface area contributed by atoms with Gasteiger partial charge in [0.2, 0.25) is 35.4 Å². The molecule has 0 aliphatic carbocycles. The van der Waals surface area contributed by atoms with Crippen LogP contribution in [0.4, 0.5) is 11.4 Å². The third kappa shape index (κ3) is 7.57. The molecule has 0 radical (unpaired) electrons. The Morgan fingerprint density at radius 2 is 1.29 bits per heavy atom. The van der Waals surface area contributed by atoms with Crippen molar-refractivity contribution < 1.29 is 33.7 Å². The molecule has 2 rings (SSSR count). The summed E-state index contributed by atoms with van der Waals surface area (Å²) in [5.74, 6) is -3.90. The molecule has 1 aliphatic rings. The molecule has 4 N–H and O–H groups in total. The molecule has 1 fully saturated rings. The number of likely N-dealkylation sites (tertiary alicyclic amines) is 1. The molecule has 0 aromatic heterocycles. The first kappa shape index (κ1) is 29.9. The van der Waals surface area contributed by atoms with Gasteiger partial charge in [-0.1, -0.05) is 13.8 Å². The summed E-state index contributed by atoms with van der Waals surface area (Å²) in [7, 11) is 0. The summed E-state index contributed by atoms with van der Waals surface area (Å²) in [5, 5.41) is 20.8. The summed E-state index contributed by atoms with van der Waals surface area (Å²) >= 11 is 0. The maximum atomic E-state index is 12.9. The number of nitrogens with one attached hydrogen (secondary N) is 4. The van der Waals surface area contributed by atoms with Crippen molar-refractivity contribution in [3.05, 3.63) is 34.4 Å². The Bertz CT molecular complexity index is 1100. The van der Waals surface area contributed by atoms with Crippen molar-refractivity contribution in [3.63, 3.8) is 0 Å². The van der Waals surface area contributed by atoms with Crippen LogP contribution < -0.4 is 21.3 Å². The lowest BCUT2D eigenvalue weighted by molar-refractivity contribution is -0.384. The van der Waals surface area contributed by atoms with Crippen molar-refractivity contribution in [2.45, 2.75) is 71.6 Å². The predicted octanol–water partition coefficient (Wildman–Crippen LogP) is 0.221. The molecule has 0 bridgehead atoms.